The van der Waals surface area contributed by atoms with Crippen LogP contribution in [-0.4, -0.2) is 12.1 Å². The fraction of sp³-hybridized carbons (Fsp3) is 0.909. The van der Waals surface area contributed by atoms with E-state index in [0.717, 1.165) is 13.0 Å². The lowest BCUT2D eigenvalue weighted by Gasteiger charge is -2.12. The minimum atomic E-state index is -0.0828. The Morgan fingerprint density at radius 3 is 2.29 bits per heavy atom. The van der Waals surface area contributed by atoms with Crippen LogP contribution in [0.25, 0.3) is 0 Å². The molecule has 0 aliphatic heterocycles. The lowest BCUT2D eigenvalue weighted by atomic mass is 9.99. The van der Waals surface area contributed by atoms with Gasteiger partial charge in [0, 0.05) is 5.92 Å². The maximum atomic E-state index is 8.63. The molecule has 0 aromatic rings. The highest BCUT2D eigenvalue weighted by Gasteiger charge is 2.09. The van der Waals surface area contributed by atoms with Crippen molar-refractivity contribution in [3.63, 3.8) is 0 Å². The van der Waals surface area contributed by atoms with E-state index in [1.165, 1.54) is 0 Å². The zero-order chi connectivity index (χ0) is 11.2. The SMILES string of the molecule is CC(C#N)CC(C)CN=NC(C)(C)C. The molecule has 0 aliphatic rings. The van der Waals surface area contributed by atoms with Crippen LogP contribution < -0.4 is 0 Å². The van der Waals surface area contributed by atoms with E-state index in [0.29, 0.717) is 5.92 Å². The fourth-order valence-electron chi connectivity index (χ4n) is 1.12. The monoisotopic (exact) mass is 195 g/mol. The molecule has 2 unspecified atom stereocenters. The van der Waals surface area contributed by atoms with Crippen LogP contribution in [0.2, 0.25) is 0 Å². The van der Waals surface area contributed by atoms with Gasteiger partial charge in [0.2, 0.25) is 0 Å². The van der Waals surface area contributed by atoms with Gasteiger partial charge in [-0.1, -0.05) is 6.92 Å². The number of azo groups is 1. The number of hydrogen-bond donors (Lipinski definition) is 0. The van der Waals surface area contributed by atoms with Crippen LogP contribution in [-0.2, 0) is 0 Å². The van der Waals surface area contributed by atoms with Crippen LogP contribution in [0.15, 0.2) is 10.2 Å². The van der Waals surface area contributed by atoms with Crippen LogP contribution in [0.3, 0.4) is 0 Å². The quantitative estimate of drug-likeness (QED) is 0.634. The van der Waals surface area contributed by atoms with E-state index in [-0.39, 0.29) is 11.5 Å². The van der Waals surface area contributed by atoms with E-state index in [2.05, 4.69) is 23.2 Å². The van der Waals surface area contributed by atoms with Crippen LogP contribution >= 0.6 is 0 Å². The summed E-state index contributed by atoms with van der Waals surface area (Å²) in [5.74, 6) is 0.561. The molecule has 0 aliphatic carbocycles. The number of nitrogens with zero attached hydrogens (tertiary/aromatic N) is 3. The summed E-state index contributed by atoms with van der Waals surface area (Å²) in [5, 5.41) is 17.0. The first kappa shape index (κ1) is 13.1. The summed E-state index contributed by atoms with van der Waals surface area (Å²) < 4.78 is 0. The first-order valence-corrected chi connectivity index (χ1v) is 5.13. The molecule has 0 fully saturated rings. The molecule has 0 amide bonds. The van der Waals surface area contributed by atoms with Crippen molar-refractivity contribution in [2.45, 2.75) is 46.6 Å². The van der Waals surface area contributed by atoms with Crippen LogP contribution in [0.1, 0.15) is 41.0 Å². The van der Waals surface area contributed by atoms with Gasteiger partial charge < -0.3 is 0 Å². The molecule has 3 heteroatoms. The summed E-state index contributed by atoms with van der Waals surface area (Å²) in [6.07, 6.45) is 0.902. The largest absolute Gasteiger partial charge is 0.198 e. The normalized spacial score (nSPS) is 16.6. The molecule has 0 N–H and O–H groups in total. The third-order valence-corrected chi connectivity index (χ3v) is 1.74. The average Bonchev–Trinajstić information content (AvgIpc) is 2.01. The van der Waals surface area contributed by atoms with Crippen LogP contribution in [0.5, 0.6) is 0 Å². The van der Waals surface area contributed by atoms with E-state index >= 15 is 0 Å². The van der Waals surface area contributed by atoms with Gasteiger partial charge in [0.05, 0.1) is 18.2 Å². The average molecular weight is 195 g/mol. The molecule has 0 saturated heterocycles. The van der Waals surface area contributed by atoms with Crippen molar-refractivity contribution in [2.75, 3.05) is 6.54 Å². The van der Waals surface area contributed by atoms with Gasteiger partial charge in [0.15, 0.2) is 0 Å². The second-order valence-electron chi connectivity index (χ2n) is 4.97. The first-order valence-electron chi connectivity index (χ1n) is 5.13. The number of rotatable bonds is 4. The van der Waals surface area contributed by atoms with Gasteiger partial charge in [0.25, 0.3) is 0 Å². The Morgan fingerprint density at radius 1 is 1.29 bits per heavy atom. The Balaban J connectivity index is 3.81. The molecule has 80 valence electrons. The molecule has 0 rings (SSSR count). The Bertz CT molecular complexity index is 220. The van der Waals surface area contributed by atoms with Crippen molar-refractivity contribution in [3.05, 3.63) is 0 Å². The van der Waals surface area contributed by atoms with Gasteiger partial charge >= 0.3 is 0 Å². The molecular weight excluding hydrogens is 174 g/mol. The molecule has 2 atom stereocenters. The molecule has 0 spiro atoms. The summed E-state index contributed by atoms with van der Waals surface area (Å²) in [7, 11) is 0. The van der Waals surface area contributed by atoms with Gasteiger partial charge in [-0.25, -0.2) is 0 Å². The van der Waals surface area contributed by atoms with Crippen molar-refractivity contribution in [2.24, 2.45) is 22.1 Å². The minimum absolute atomic E-state index is 0.0828. The van der Waals surface area contributed by atoms with Gasteiger partial charge in [-0.05, 0) is 40.0 Å². The Labute approximate surface area is 87.2 Å². The van der Waals surface area contributed by atoms with Crippen LogP contribution in [0, 0.1) is 23.2 Å². The van der Waals surface area contributed by atoms with Crippen LogP contribution in [0.4, 0.5) is 0 Å². The lowest BCUT2D eigenvalue weighted by molar-refractivity contribution is 0.456. The van der Waals surface area contributed by atoms with E-state index in [1.807, 2.05) is 27.7 Å². The summed E-state index contributed by atoms with van der Waals surface area (Å²) in [6, 6.07) is 2.23. The summed E-state index contributed by atoms with van der Waals surface area (Å²) >= 11 is 0. The molecule has 0 saturated carbocycles. The second kappa shape index (κ2) is 5.74. The molecule has 0 bridgehead atoms. The fourth-order valence-corrected chi connectivity index (χ4v) is 1.12. The highest BCUT2D eigenvalue weighted by atomic mass is 15.1. The third kappa shape index (κ3) is 7.72. The van der Waals surface area contributed by atoms with E-state index in [1.54, 1.807) is 0 Å². The Kier molecular flexibility index (Phi) is 5.37. The minimum Gasteiger partial charge on any atom is -0.198 e. The number of nitriles is 1. The highest BCUT2D eigenvalue weighted by Crippen LogP contribution is 2.13. The molecule has 3 nitrogen and oxygen atoms in total. The Hall–Kier alpha value is -0.910. The zero-order valence-corrected chi connectivity index (χ0v) is 9.91. The third-order valence-electron chi connectivity index (χ3n) is 1.74. The molecule has 0 heterocycles. The summed E-state index contributed by atoms with van der Waals surface area (Å²) in [5.41, 5.74) is -0.0828. The molecule has 0 radical (unpaired) electrons. The Morgan fingerprint density at radius 2 is 1.86 bits per heavy atom. The maximum absolute atomic E-state index is 8.63. The van der Waals surface area contributed by atoms with Gasteiger partial charge in [-0.3, -0.25) is 0 Å². The van der Waals surface area contributed by atoms with Crippen molar-refractivity contribution in [3.8, 4) is 6.07 Å². The summed E-state index contributed by atoms with van der Waals surface area (Å²) in [4.78, 5) is 0. The van der Waals surface area contributed by atoms with Gasteiger partial charge in [-0.2, -0.15) is 15.5 Å². The topological polar surface area (TPSA) is 48.5 Å². The summed E-state index contributed by atoms with van der Waals surface area (Å²) in [6.45, 7) is 10.9. The lowest BCUT2D eigenvalue weighted by Crippen LogP contribution is -2.10. The smallest absolute Gasteiger partial charge is 0.0732 e. The van der Waals surface area contributed by atoms with Crippen molar-refractivity contribution < 1.29 is 0 Å². The molecule has 14 heavy (non-hydrogen) atoms. The van der Waals surface area contributed by atoms with Crippen molar-refractivity contribution in [1.29, 1.82) is 5.26 Å². The van der Waals surface area contributed by atoms with Crippen molar-refractivity contribution in [1.82, 2.24) is 0 Å². The standard InChI is InChI=1S/C11H21N3/c1-9(7-12)6-10(2)8-13-14-11(3,4)5/h9-10H,6,8H2,1-5H3. The first-order chi connectivity index (χ1) is 6.35. The predicted molar refractivity (Wildman–Crippen MR) is 58.0 cm³/mol. The molecule has 0 aromatic heterocycles. The van der Waals surface area contributed by atoms with Gasteiger partial charge in [0.1, 0.15) is 0 Å². The predicted octanol–water partition coefficient (Wildman–Crippen LogP) is 3.42. The van der Waals surface area contributed by atoms with E-state index < -0.39 is 0 Å². The van der Waals surface area contributed by atoms with Gasteiger partial charge in [-0.15, -0.1) is 0 Å². The van der Waals surface area contributed by atoms with E-state index in [9.17, 15) is 0 Å². The molecule has 0 aromatic carbocycles. The zero-order valence-electron chi connectivity index (χ0n) is 9.91. The van der Waals surface area contributed by atoms with Crippen molar-refractivity contribution >= 4 is 0 Å². The highest BCUT2D eigenvalue weighted by molar-refractivity contribution is 4.80. The maximum Gasteiger partial charge on any atom is 0.0732 e. The number of hydrogen-bond acceptors (Lipinski definition) is 3. The second-order valence-corrected chi connectivity index (χ2v) is 4.97. The van der Waals surface area contributed by atoms with E-state index in [4.69, 9.17) is 5.26 Å². The molecular formula is C11H21N3.